The molecule has 0 amide bonds. The summed E-state index contributed by atoms with van der Waals surface area (Å²) in [4.78, 5) is 16.2. The Morgan fingerprint density at radius 2 is 2.05 bits per heavy atom. The van der Waals surface area contributed by atoms with Crippen molar-refractivity contribution in [3.63, 3.8) is 0 Å². The number of benzene rings is 1. The Bertz CT molecular complexity index is 635. The summed E-state index contributed by atoms with van der Waals surface area (Å²) in [6, 6.07) is 7.28. The third-order valence-electron chi connectivity index (χ3n) is 2.97. The van der Waals surface area contributed by atoms with Crippen molar-refractivity contribution in [3.8, 4) is 5.75 Å². The number of nitrogens with zero attached hydrogens (tertiary/aromatic N) is 2. The number of rotatable bonds is 6. The molecule has 0 fully saturated rings. The van der Waals surface area contributed by atoms with Crippen LogP contribution >= 0.6 is 0 Å². The first-order valence-electron chi connectivity index (χ1n) is 6.87. The van der Waals surface area contributed by atoms with Gasteiger partial charge in [0, 0.05) is 24.1 Å². The Morgan fingerprint density at radius 3 is 2.71 bits per heavy atom. The minimum absolute atomic E-state index is 0.104. The van der Waals surface area contributed by atoms with E-state index in [1.165, 1.54) is 0 Å². The number of nitrogen functional groups attached to an aromatic ring is 1. The summed E-state index contributed by atoms with van der Waals surface area (Å²) in [5.41, 5.74) is 6.17. The molecule has 0 saturated heterocycles. The minimum atomic E-state index is -0.125. The summed E-state index contributed by atoms with van der Waals surface area (Å²) in [6.07, 6.45) is 3.30. The van der Waals surface area contributed by atoms with E-state index in [1.807, 2.05) is 26.0 Å². The second-order valence-electron chi connectivity index (χ2n) is 4.93. The third-order valence-corrected chi connectivity index (χ3v) is 2.97. The molecule has 21 heavy (non-hydrogen) atoms. The highest BCUT2D eigenvalue weighted by Crippen LogP contribution is 2.12. The van der Waals surface area contributed by atoms with Crippen molar-refractivity contribution in [1.29, 1.82) is 0 Å². The van der Waals surface area contributed by atoms with Crippen LogP contribution in [0.5, 0.6) is 5.75 Å². The average molecular weight is 288 g/mol. The zero-order valence-electron chi connectivity index (χ0n) is 12.2. The lowest BCUT2D eigenvalue weighted by atomic mass is 10.3. The first kappa shape index (κ1) is 14.9. The fourth-order valence-corrected chi connectivity index (χ4v) is 1.86. The van der Waals surface area contributed by atoms with Crippen molar-refractivity contribution in [2.24, 2.45) is 0 Å². The normalized spacial score (nSPS) is 10.6. The van der Waals surface area contributed by atoms with E-state index in [1.54, 1.807) is 29.1 Å². The summed E-state index contributed by atoms with van der Waals surface area (Å²) in [5.74, 6) is 1.08. The molecule has 1 aromatic heterocycles. The molecule has 0 aliphatic carbocycles. The van der Waals surface area contributed by atoms with Crippen LogP contribution in [0.3, 0.4) is 0 Å². The van der Waals surface area contributed by atoms with Crippen molar-refractivity contribution in [3.05, 3.63) is 47.0 Å². The quantitative estimate of drug-likeness (QED) is 0.626. The molecule has 2 aromatic rings. The van der Waals surface area contributed by atoms with Crippen molar-refractivity contribution >= 4 is 11.5 Å². The van der Waals surface area contributed by atoms with E-state index >= 15 is 0 Å². The van der Waals surface area contributed by atoms with Gasteiger partial charge in [-0.1, -0.05) is 0 Å². The van der Waals surface area contributed by atoms with Gasteiger partial charge >= 0.3 is 0 Å². The van der Waals surface area contributed by atoms with Crippen molar-refractivity contribution < 1.29 is 4.74 Å². The fourth-order valence-electron chi connectivity index (χ4n) is 1.86. The van der Waals surface area contributed by atoms with E-state index in [0.29, 0.717) is 24.7 Å². The lowest BCUT2D eigenvalue weighted by molar-refractivity contribution is 0.332. The highest BCUT2D eigenvalue weighted by atomic mass is 16.5. The second-order valence-corrected chi connectivity index (χ2v) is 4.93. The van der Waals surface area contributed by atoms with Gasteiger partial charge in [0.2, 0.25) is 0 Å². The maximum Gasteiger partial charge on any atom is 0.293 e. The molecule has 6 nitrogen and oxygen atoms in total. The van der Waals surface area contributed by atoms with E-state index in [0.717, 1.165) is 5.75 Å². The summed E-state index contributed by atoms with van der Waals surface area (Å²) in [6.45, 7) is 4.83. The lowest BCUT2D eigenvalue weighted by Crippen LogP contribution is -2.27. The van der Waals surface area contributed by atoms with Crippen LogP contribution in [0.4, 0.5) is 11.5 Å². The molecule has 0 bridgehead atoms. The molecule has 3 N–H and O–H groups in total. The van der Waals surface area contributed by atoms with Gasteiger partial charge in [-0.15, -0.1) is 0 Å². The van der Waals surface area contributed by atoms with Crippen LogP contribution < -0.4 is 21.3 Å². The van der Waals surface area contributed by atoms with Crippen LogP contribution in [0.15, 0.2) is 41.5 Å². The van der Waals surface area contributed by atoms with Gasteiger partial charge in [0.15, 0.2) is 5.82 Å². The van der Waals surface area contributed by atoms with E-state index in [9.17, 15) is 4.79 Å². The Hall–Kier alpha value is -2.50. The van der Waals surface area contributed by atoms with Crippen LogP contribution in [-0.4, -0.2) is 22.7 Å². The predicted octanol–water partition coefficient (Wildman–Crippen LogP) is 1.90. The highest BCUT2D eigenvalue weighted by molar-refractivity contribution is 5.41. The van der Waals surface area contributed by atoms with Crippen molar-refractivity contribution in [1.82, 2.24) is 9.55 Å². The van der Waals surface area contributed by atoms with Gasteiger partial charge < -0.3 is 20.4 Å². The smallest absolute Gasteiger partial charge is 0.293 e. The van der Waals surface area contributed by atoms with Crippen LogP contribution in [0.25, 0.3) is 0 Å². The number of ether oxygens (including phenoxy) is 1. The first-order valence-corrected chi connectivity index (χ1v) is 6.87. The molecule has 0 saturated carbocycles. The van der Waals surface area contributed by atoms with Gasteiger partial charge in [-0.2, -0.15) is 0 Å². The molecule has 1 aromatic carbocycles. The first-order chi connectivity index (χ1) is 10.1. The zero-order valence-corrected chi connectivity index (χ0v) is 12.2. The fraction of sp³-hybridized carbons (Fsp3) is 0.333. The topological polar surface area (TPSA) is 82.2 Å². The van der Waals surface area contributed by atoms with E-state index in [2.05, 4.69) is 10.3 Å². The number of nitrogens with one attached hydrogen (secondary N) is 1. The average Bonchev–Trinajstić information content (AvgIpc) is 2.46. The molecule has 0 spiro atoms. The number of nitrogens with two attached hydrogens (primary N) is 1. The summed E-state index contributed by atoms with van der Waals surface area (Å²) in [7, 11) is 0. The zero-order chi connectivity index (χ0) is 15.2. The summed E-state index contributed by atoms with van der Waals surface area (Å²) >= 11 is 0. The molecular formula is C15H20N4O2. The number of hydrogen-bond donors (Lipinski definition) is 2. The van der Waals surface area contributed by atoms with Gasteiger partial charge in [0.25, 0.3) is 5.56 Å². The maximum absolute atomic E-state index is 12.1. The van der Waals surface area contributed by atoms with Crippen molar-refractivity contribution in [2.75, 3.05) is 24.2 Å². The standard InChI is InChI=1S/C15H20N4O2/c1-11(2)19-9-7-17-14(15(19)20)18-8-10-21-13-5-3-12(16)4-6-13/h3-7,9,11H,8,10,16H2,1-2H3,(H,17,18). The van der Waals surface area contributed by atoms with E-state index in [4.69, 9.17) is 10.5 Å². The molecule has 0 radical (unpaired) electrons. The summed E-state index contributed by atoms with van der Waals surface area (Å²) < 4.78 is 7.18. The van der Waals surface area contributed by atoms with Crippen LogP contribution in [-0.2, 0) is 0 Å². The van der Waals surface area contributed by atoms with Crippen LogP contribution in [0.2, 0.25) is 0 Å². The predicted molar refractivity (Wildman–Crippen MR) is 83.7 cm³/mol. The molecule has 0 atom stereocenters. The SMILES string of the molecule is CC(C)n1ccnc(NCCOc2ccc(N)cc2)c1=O. The Balaban J connectivity index is 1.88. The van der Waals surface area contributed by atoms with Gasteiger partial charge in [-0.05, 0) is 38.1 Å². The van der Waals surface area contributed by atoms with E-state index in [-0.39, 0.29) is 11.6 Å². The second kappa shape index (κ2) is 6.78. The molecule has 0 aliphatic rings. The molecule has 1 heterocycles. The lowest BCUT2D eigenvalue weighted by Gasteiger charge is -2.12. The van der Waals surface area contributed by atoms with E-state index < -0.39 is 0 Å². The highest BCUT2D eigenvalue weighted by Gasteiger charge is 2.06. The minimum Gasteiger partial charge on any atom is -0.492 e. The number of aromatic nitrogens is 2. The van der Waals surface area contributed by atoms with Crippen LogP contribution in [0, 0.1) is 0 Å². The van der Waals surface area contributed by atoms with Crippen LogP contribution in [0.1, 0.15) is 19.9 Å². The maximum atomic E-state index is 12.1. The summed E-state index contributed by atoms with van der Waals surface area (Å²) in [5, 5.41) is 3.00. The Morgan fingerprint density at radius 1 is 1.33 bits per heavy atom. The Kier molecular flexibility index (Phi) is 4.81. The van der Waals surface area contributed by atoms with Gasteiger partial charge in [-0.3, -0.25) is 4.79 Å². The van der Waals surface area contributed by atoms with Gasteiger partial charge in [0.05, 0.1) is 6.54 Å². The number of anilines is 2. The van der Waals surface area contributed by atoms with Gasteiger partial charge in [-0.25, -0.2) is 4.98 Å². The monoisotopic (exact) mass is 288 g/mol. The molecule has 0 unspecified atom stereocenters. The van der Waals surface area contributed by atoms with Crippen molar-refractivity contribution in [2.45, 2.75) is 19.9 Å². The third kappa shape index (κ3) is 3.98. The van der Waals surface area contributed by atoms with Gasteiger partial charge in [0.1, 0.15) is 12.4 Å². The molecule has 6 heteroatoms. The molecule has 0 aliphatic heterocycles. The Labute approximate surface area is 123 Å². The largest absolute Gasteiger partial charge is 0.492 e. The number of hydrogen-bond acceptors (Lipinski definition) is 5. The molecular weight excluding hydrogens is 268 g/mol. The molecule has 2 rings (SSSR count). The molecule has 112 valence electrons.